The molecule has 1 amide bonds. The Hall–Kier alpha value is -1.63. The smallest absolute Gasteiger partial charge is 0.243 e. The lowest BCUT2D eigenvalue weighted by atomic mass is 10.1. The van der Waals surface area contributed by atoms with Gasteiger partial charge in [0.15, 0.2) is 0 Å². The summed E-state index contributed by atoms with van der Waals surface area (Å²) in [7, 11) is -3.65. The molecular formula is C16H17ClN2O3S. The molecule has 5 nitrogen and oxygen atoms in total. The minimum atomic E-state index is -3.65. The Balaban J connectivity index is 2.00. The van der Waals surface area contributed by atoms with Crippen molar-refractivity contribution in [2.24, 2.45) is 0 Å². The Labute approximate surface area is 140 Å². The van der Waals surface area contributed by atoms with Crippen molar-refractivity contribution >= 4 is 38.3 Å². The number of halogens is 1. The third-order valence-corrected chi connectivity index (χ3v) is 6.37. The van der Waals surface area contributed by atoms with Crippen molar-refractivity contribution in [3.05, 3.63) is 41.4 Å². The first-order valence-corrected chi connectivity index (χ1v) is 9.16. The van der Waals surface area contributed by atoms with Crippen LogP contribution in [0.1, 0.15) is 6.92 Å². The van der Waals surface area contributed by atoms with Crippen molar-refractivity contribution in [2.45, 2.75) is 11.8 Å². The third-order valence-electron chi connectivity index (χ3n) is 4.12. The molecule has 7 heteroatoms. The lowest BCUT2D eigenvalue weighted by Crippen LogP contribution is -2.49. The predicted octanol–water partition coefficient (Wildman–Crippen LogP) is 2.35. The minimum Gasteiger partial charge on any atom is -0.340 e. The minimum absolute atomic E-state index is 0.0322. The Morgan fingerprint density at radius 3 is 2.26 bits per heavy atom. The maximum absolute atomic E-state index is 13.0. The number of carbonyl (C=O) groups excluding carboxylic acids is 1. The van der Waals surface area contributed by atoms with Gasteiger partial charge in [0, 0.05) is 43.5 Å². The molecule has 1 saturated heterocycles. The number of sulfonamides is 1. The second kappa shape index (κ2) is 6.11. The fraction of sp³-hybridized carbons (Fsp3) is 0.312. The van der Waals surface area contributed by atoms with Gasteiger partial charge >= 0.3 is 0 Å². The first kappa shape index (κ1) is 16.2. The summed E-state index contributed by atoms with van der Waals surface area (Å²) in [6.45, 7) is 2.90. The summed E-state index contributed by atoms with van der Waals surface area (Å²) in [6, 6.07) is 10.5. The van der Waals surface area contributed by atoms with Crippen LogP contribution in [0.25, 0.3) is 10.8 Å². The standard InChI is InChI=1S/C16H17ClN2O3S/c1-12(20)18-8-10-19(11-9-18)23(21,22)15-7-3-5-13-4-2-6-14(17)16(13)15/h2-7H,8-11H2,1H3. The number of nitrogens with zero attached hydrogens (tertiary/aromatic N) is 2. The van der Waals surface area contributed by atoms with Crippen molar-refractivity contribution in [3.8, 4) is 0 Å². The van der Waals surface area contributed by atoms with Crippen LogP contribution in [-0.2, 0) is 14.8 Å². The highest BCUT2D eigenvalue weighted by Crippen LogP contribution is 2.31. The molecule has 0 aliphatic carbocycles. The SMILES string of the molecule is CC(=O)N1CCN(S(=O)(=O)c2cccc3cccc(Cl)c23)CC1. The van der Waals surface area contributed by atoms with Gasteiger partial charge in [-0.2, -0.15) is 4.31 Å². The molecule has 0 unspecified atom stereocenters. The topological polar surface area (TPSA) is 57.7 Å². The molecule has 1 fully saturated rings. The molecule has 0 bridgehead atoms. The highest BCUT2D eigenvalue weighted by Gasteiger charge is 2.30. The Morgan fingerprint density at radius 1 is 1.04 bits per heavy atom. The zero-order valence-corrected chi connectivity index (χ0v) is 14.3. The molecule has 0 saturated carbocycles. The van der Waals surface area contributed by atoms with Gasteiger partial charge in [0.05, 0.1) is 4.90 Å². The average Bonchev–Trinajstić information content (AvgIpc) is 2.54. The van der Waals surface area contributed by atoms with Crippen molar-refractivity contribution in [1.82, 2.24) is 9.21 Å². The van der Waals surface area contributed by atoms with Gasteiger partial charge in [-0.05, 0) is 17.5 Å². The number of carbonyl (C=O) groups is 1. The molecule has 1 aliphatic heterocycles. The summed E-state index contributed by atoms with van der Waals surface area (Å²) in [4.78, 5) is 13.3. The molecule has 2 aromatic rings. The van der Waals surface area contributed by atoms with Crippen LogP contribution in [-0.4, -0.2) is 49.7 Å². The molecule has 122 valence electrons. The zero-order valence-electron chi connectivity index (χ0n) is 12.7. The lowest BCUT2D eigenvalue weighted by molar-refractivity contribution is -0.129. The molecule has 0 N–H and O–H groups in total. The summed E-state index contributed by atoms with van der Waals surface area (Å²) in [5.41, 5.74) is 0. The van der Waals surface area contributed by atoms with Gasteiger partial charge < -0.3 is 4.90 Å². The summed E-state index contributed by atoms with van der Waals surface area (Å²) in [5, 5.41) is 1.76. The number of amides is 1. The Bertz CT molecular complexity index is 854. The largest absolute Gasteiger partial charge is 0.340 e. The van der Waals surface area contributed by atoms with Crippen LogP contribution in [0.3, 0.4) is 0 Å². The highest BCUT2D eigenvalue weighted by atomic mass is 35.5. The van der Waals surface area contributed by atoms with Crippen LogP contribution in [0.15, 0.2) is 41.3 Å². The van der Waals surface area contributed by atoms with E-state index in [1.165, 1.54) is 11.2 Å². The number of hydrogen-bond donors (Lipinski definition) is 0. The molecule has 1 heterocycles. The van der Waals surface area contributed by atoms with Gasteiger partial charge in [-0.15, -0.1) is 0 Å². The molecule has 0 spiro atoms. The summed E-state index contributed by atoms with van der Waals surface area (Å²) < 4.78 is 27.4. The quantitative estimate of drug-likeness (QED) is 0.833. The fourth-order valence-electron chi connectivity index (χ4n) is 2.86. The number of piperazine rings is 1. The summed E-state index contributed by atoms with van der Waals surface area (Å²) in [5.74, 6) is -0.0322. The van der Waals surface area contributed by atoms with E-state index >= 15 is 0 Å². The Morgan fingerprint density at radius 2 is 1.65 bits per heavy atom. The normalized spacial score (nSPS) is 16.7. The monoisotopic (exact) mass is 352 g/mol. The van der Waals surface area contributed by atoms with Gasteiger partial charge in [-0.3, -0.25) is 4.79 Å². The highest BCUT2D eigenvalue weighted by molar-refractivity contribution is 7.89. The average molecular weight is 353 g/mol. The van der Waals surface area contributed by atoms with E-state index in [-0.39, 0.29) is 10.8 Å². The van der Waals surface area contributed by atoms with E-state index in [0.29, 0.717) is 36.6 Å². The van der Waals surface area contributed by atoms with Crippen LogP contribution in [0.2, 0.25) is 5.02 Å². The van der Waals surface area contributed by atoms with Gasteiger partial charge in [-0.25, -0.2) is 8.42 Å². The first-order valence-electron chi connectivity index (χ1n) is 7.34. The molecule has 3 rings (SSSR count). The zero-order chi connectivity index (χ0) is 16.6. The molecule has 0 radical (unpaired) electrons. The summed E-state index contributed by atoms with van der Waals surface area (Å²) in [6.07, 6.45) is 0. The number of fused-ring (bicyclic) bond motifs is 1. The molecule has 23 heavy (non-hydrogen) atoms. The molecular weight excluding hydrogens is 336 g/mol. The second-order valence-corrected chi connectivity index (χ2v) is 7.82. The van der Waals surface area contributed by atoms with E-state index < -0.39 is 10.0 Å². The van der Waals surface area contributed by atoms with Crippen LogP contribution < -0.4 is 0 Å². The van der Waals surface area contributed by atoms with Gasteiger partial charge in [0.2, 0.25) is 15.9 Å². The van der Waals surface area contributed by atoms with Gasteiger partial charge in [-0.1, -0.05) is 35.9 Å². The first-order chi connectivity index (χ1) is 10.9. The van der Waals surface area contributed by atoms with E-state index in [2.05, 4.69) is 0 Å². The number of benzene rings is 2. The second-order valence-electron chi connectivity index (χ2n) is 5.50. The maximum Gasteiger partial charge on any atom is 0.243 e. The molecule has 2 aromatic carbocycles. The van der Waals surface area contributed by atoms with Crippen molar-refractivity contribution in [2.75, 3.05) is 26.2 Å². The van der Waals surface area contributed by atoms with Crippen molar-refractivity contribution in [3.63, 3.8) is 0 Å². The van der Waals surface area contributed by atoms with Crippen molar-refractivity contribution in [1.29, 1.82) is 0 Å². The van der Waals surface area contributed by atoms with E-state index in [9.17, 15) is 13.2 Å². The van der Waals surface area contributed by atoms with Crippen LogP contribution in [0, 0.1) is 0 Å². The lowest BCUT2D eigenvalue weighted by Gasteiger charge is -2.33. The van der Waals surface area contributed by atoms with E-state index in [4.69, 9.17) is 11.6 Å². The van der Waals surface area contributed by atoms with E-state index in [0.717, 1.165) is 5.39 Å². The molecule has 0 atom stereocenters. The fourth-order valence-corrected chi connectivity index (χ4v) is 4.86. The third kappa shape index (κ3) is 2.94. The van der Waals surface area contributed by atoms with Crippen LogP contribution >= 0.6 is 11.6 Å². The van der Waals surface area contributed by atoms with Gasteiger partial charge in [0.25, 0.3) is 0 Å². The Kier molecular flexibility index (Phi) is 4.31. The predicted molar refractivity (Wildman–Crippen MR) is 90.0 cm³/mol. The maximum atomic E-state index is 13.0. The molecule has 1 aliphatic rings. The van der Waals surface area contributed by atoms with E-state index in [1.807, 2.05) is 12.1 Å². The van der Waals surface area contributed by atoms with E-state index in [1.54, 1.807) is 29.2 Å². The molecule has 0 aromatic heterocycles. The summed E-state index contributed by atoms with van der Waals surface area (Å²) >= 11 is 6.24. The van der Waals surface area contributed by atoms with Crippen molar-refractivity contribution < 1.29 is 13.2 Å². The number of hydrogen-bond acceptors (Lipinski definition) is 3. The van der Waals surface area contributed by atoms with Crippen LogP contribution in [0.5, 0.6) is 0 Å². The van der Waals surface area contributed by atoms with Crippen LogP contribution in [0.4, 0.5) is 0 Å². The number of rotatable bonds is 2. The van der Waals surface area contributed by atoms with Gasteiger partial charge in [0.1, 0.15) is 0 Å².